The number of hydrogen-bond donors (Lipinski definition) is 0. The molecule has 0 spiro atoms. The molecule has 0 amide bonds. The number of aromatic nitrogens is 1. The summed E-state index contributed by atoms with van der Waals surface area (Å²) in [7, 11) is 0. The fraction of sp³-hybridized carbons (Fsp3) is 0.571. The largest absolute Gasteiger partial charge is 0.377 e. The lowest BCUT2D eigenvalue weighted by molar-refractivity contribution is -0.157. The van der Waals surface area contributed by atoms with Gasteiger partial charge in [0, 0.05) is 42.1 Å². The molecule has 4 rings (SSSR count). The van der Waals surface area contributed by atoms with Gasteiger partial charge in [-0.05, 0) is 43.1 Å². The second-order valence-corrected chi connectivity index (χ2v) is 8.12. The van der Waals surface area contributed by atoms with Gasteiger partial charge in [-0.3, -0.25) is 9.88 Å². The number of hydrogen-bond acceptors (Lipinski definition) is 3. The zero-order valence-electron chi connectivity index (χ0n) is 15.3. The SMILES string of the molecule is CCCN(Cc1cc(F)cc2cccnc12)[C@@H]1[C@@H]2CCO[C@@H]2C1(C)C. The third-order valence-corrected chi connectivity index (χ3v) is 6.06. The maximum absolute atomic E-state index is 14.1. The first kappa shape index (κ1) is 16.9. The van der Waals surface area contributed by atoms with Crippen molar-refractivity contribution in [1.29, 1.82) is 0 Å². The summed E-state index contributed by atoms with van der Waals surface area (Å²) in [5, 5.41) is 0.879. The zero-order valence-corrected chi connectivity index (χ0v) is 15.3. The van der Waals surface area contributed by atoms with Crippen LogP contribution in [0.5, 0.6) is 0 Å². The van der Waals surface area contributed by atoms with Crippen molar-refractivity contribution in [3.05, 3.63) is 41.8 Å². The van der Waals surface area contributed by atoms with Crippen LogP contribution in [-0.2, 0) is 11.3 Å². The topological polar surface area (TPSA) is 25.4 Å². The van der Waals surface area contributed by atoms with Crippen LogP contribution in [0, 0.1) is 17.2 Å². The van der Waals surface area contributed by atoms with Gasteiger partial charge in [0.2, 0.25) is 0 Å². The van der Waals surface area contributed by atoms with E-state index in [1.165, 1.54) is 0 Å². The van der Waals surface area contributed by atoms with Gasteiger partial charge in [-0.2, -0.15) is 0 Å². The Balaban J connectivity index is 1.67. The highest BCUT2D eigenvalue weighted by Crippen LogP contribution is 2.54. The molecule has 1 saturated carbocycles. The molecule has 2 heterocycles. The van der Waals surface area contributed by atoms with Crippen LogP contribution >= 0.6 is 0 Å². The molecule has 134 valence electrons. The Bertz CT molecular complexity index is 776. The molecule has 3 atom stereocenters. The fourth-order valence-corrected chi connectivity index (χ4v) is 5.21. The van der Waals surface area contributed by atoms with Crippen molar-refractivity contribution in [2.75, 3.05) is 13.2 Å². The molecule has 1 aromatic heterocycles. The Morgan fingerprint density at radius 1 is 1.36 bits per heavy atom. The molecule has 2 aliphatic rings. The van der Waals surface area contributed by atoms with Gasteiger partial charge in [-0.15, -0.1) is 0 Å². The zero-order chi connectivity index (χ0) is 17.6. The summed E-state index contributed by atoms with van der Waals surface area (Å²) in [5.41, 5.74) is 2.05. The van der Waals surface area contributed by atoms with Crippen molar-refractivity contribution >= 4 is 10.9 Å². The van der Waals surface area contributed by atoms with E-state index in [9.17, 15) is 4.39 Å². The van der Waals surface area contributed by atoms with Crippen LogP contribution in [0.4, 0.5) is 4.39 Å². The second-order valence-electron chi connectivity index (χ2n) is 8.12. The van der Waals surface area contributed by atoms with E-state index in [-0.39, 0.29) is 11.2 Å². The highest BCUT2D eigenvalue weighted by Gasteiger charge is 2.60. The molecule has 0 bridgehead atoms. The van der Waals surface area contributed by atoms with E-state index in [4.69, 9.17) is 4.74 Å². The molecule has 2 aromatic rings. The third-order valence-electron chi connectivity index (χ3n) is 6.06. The Morgan fingerprint density at radius 3 is 3.00 bits per heavy atom. The average Bonchev–Trinajstić information content (AvgIpc) is 3.01. The number of fused-ring (bicyclic) bond motifs is 2. The van der Waals surface area contributed by atoms with Gasteiger partial charge in [-0.1, -0.05) is 26.8 Å². The van der Waals surface area contributed by atoms with E-state index in [1.807, 2.05) is 12.1 Å². The normalized spacial score (nSPS) is 27.5. The van der Waals surface area contributed by atoms with E-state index < -0.39 is 0 Å². The van der Waals surface area contributed by atoms with Gasteiger partial charge < -0.3 is 4.74 Å². The summed E-state index contributed by atoms with van der Waals surface area (Å²) in [6.45, 7) is 9.48. The summed E-state index contributed by atoms with van der Waals surface area (Å²) in [6, 6.07) is 7.52. The van der Waals surface area contributed by atoms with Gasteiger partial charge in [0.25, 0.3) is 0 Å². The van der Waals surface area contributed by atoms with Gasteiger partial charge in [0.1, 0.15) is 5.82 Å². The fourth-order valence-electron chi connectivity index (χ4n) is 5.21. The number of pyridine rings is 1. The van der Waals surface area contributed by atoms with Crippen molar-refractivity contribution in [3.8, 4) is 0 Å². The molecule has 0 unspecified atom stereocenters. The third kappa shape index (κ3) is 2.76. The highest BCUT2D eigenvalue weighted by atomic mass is 19.1. The maximum atomic E-state index is 14.1. The minimum atomic E-state index is -0.179. The molecular weight excluding hydrogens is 315 g/mol. The first-order valence-corrected chi connectivity index (χ1v) is 9.41. The molecule has 2 fully saturated rings. The lowest BCUT2D eigenvalue weighted by atomic mass is 9.56. The molecule has 0 N–H and O–H groups in total. The predicted molar refractivity (Wildman–Crippen MR) is 97.8 cm³/mol. The standard InChI is InChI=1S/C21H27FN2O/c1-4-9-24(19-17-7-10-25-20(17)21(19,2)3)13-15-12-16(22)11-14-6-5-8-23-18(14)15/h5-6,8,11-12,17,19-20H,4,7,9-10,13H2,1-3H3/t17-,19+,20-/m0/s1. The Morgan fingerprint density at radius 2 is 2.20 bits per heavy atom. The number of halogens is 1. The lowest BCUT2D eigenvalue weighted by Crippen LogP contribution is -2.66. The molecule has 25 heavy (non-hydrogen) atoms. The quantitative estimate of drug-likeness (QED) is 0.805. The molecule has 1 aliphatic carbocycles. The first-order chi connectivity index (χ1) is 12.0. The lowest BCUT2D eigenvalue weighted by Gasteiger charge is -2.58. The van der Waals surface area contributed by atoms with E-state index in [0.717, 1.165) is 49.0 Å². The monoisotopic (exact) mass is 342 g/mol. The van der Waals surface area contributed by atoms with Crippen LogP contribution in [0.15, 0.2) is 30.5 Å². The number of rotatable bonds is 5. The molecule has 4 heteroatoms. The van der Waals surface area contributed by atoms with Crippen LogP contribution < -0.4 is 0 Å². The number of ether oxygens (including phenoxy) is 1. The van der Waals surface area contributed by atoms with E-state index in [2.05, 4.69) is 30.7 Å². The molecule has 1 aromatic carbocycles. The van der Waals surface area contributed by atoms with Crippen molar-refractivity contribution in [3.63, 3.8) is 0 Å². The Kier molecular flexibility index (Phi) is 4.28. The van der Waals surface area contributed by atoms with Gasteiger partial charge in [0.15, 0.2) is 0 Å². The minimum Gasteiger partial charge on any atom is -0.377 e. The summed E-state index contributed by atoms with van der Waals surface area (Å²) in [4.78, 5) is 7.06. The minimum absolute atomic E-state index is 0.146. The average molecular weight is 342 g/mol. The van der Waals surface area contributed by atoms with Crippen molar-refractivity contribution in [2.45, 2.75) is 52.3 Å². The van der Waals surface area contributed by atoms with Crippen molar-refractivity contribution in [1.82, 2.24) is 9.88 Å². The van der Waals surface area contributed by atoms with Crippen LogP contribution in [0.3, 0.4) is 0 Å². The summed E-state index contributed by atoms with van der Waals surface area (Å²) < 4.78 is 20.1. The van der Waals surface area contributed by atoms with Crippen molar-refractivity contribution < 1.29 is 9.13 Å². The number of nitrogens with zero attached hydrogens (tertiary/aromatic N) is 2. The smallest absolute Gasteiger partial charge is 0.124 e. The molecule has 0 radical (unpaired) electrons. The summed E-state index contributed by atoms with van der Waals surface area (Å²) >= 11 is 0. The van der Waals surface area contributed by atoms with Crippen LogP contribution in [0.2, 0.25) is 0 Å². The van der Waals surface area contributed by atoms with Gasteiger partial charge >= 0.3 is 0 Å². The van der Waals surface area contributed by atoms with E-state index in [1.54, 1.807) is 18.3 Å². The Hall–Kier alpha value is -1.52. The van der Waals surface area contributed by atoms with Crippen LogP contribution in [-0.4, -0.2) is 35.2 Å². The summed E-state index contributed by atoms with van der Waals surface area (Å²) in [5.74, 6) is 0.427. The predicted octanol–water partition coefficient (Wildman–Crippen LogP) is 4.40. The molecule has 3 nitrogen and oxygen atoms in total. The van der Waals surface area contributed by atoms with E-state index in [0.29, 0.717) is 18.1 Å². The molecule has 1 saturated heterocycles. The first-order valence-electron chi connectivity index (χ1n) is 9.41. The van der Waals surface area contributed by atoms with Gasteiger partial charge in [-0.25, -0.2) is 4.39 Å². The van der Waals surface area contributed by atoms with Crippen molar-refractivity contribution in [2.24, 2.45) is 11.3 Å². The van der Waals surface area contributed by atoms with Crippen LogP contribution in [0.1, 0.15) is 39.2 Å². The number of benzene rings is 1. The summed E-state index contributed by atoms with van der Waals surface area (Å²) in [6.07, 6.45) is 4.40. The molecular formula is C21H27FN2O. The molecule has 1 aliphatic heterocycles. The Labute approximate surface area is 149 Å². The second kappa shape index (κ2) is 6.33. The van der Waals surface area contributed by atoms with Gasteiger partial charge in [0.05, 0.1) is 11.6 Å². The van der Waals surface area contributed by atoms with E-state index >= 15 is 0 Å². The van der Waals surface area contributed by atoms with Crippen LogP contribution in [0.25, 0.3) is 10.9 Å². The maximum Gasteiger partial charge on any atom is 0.124 e. The highest BCUT2D eigenvalue weighted by molar-refractivity contribution is 5.81.